The van der Waals surface area contributed by atoms with Crippen molar-refractivity contribution in [3.05, 3.63) is 54.1 Å². The van der Waals surface area contributed by atoms with Gasteiger partial charge >= 0.3 is 0 Å². The number of fused-ring (bicyclic) bond motifs is 1. The molecule has 4 rings (SSSR count). The van der Waals surface area contributed by atoms with Gasteiger partial charge in [-0.3, -0.25) is 0 Å². The molecule has 4 heteroatoms. The molecule has 0 amide bonds. The van der Waals surface area contributed by atoms with Crippen molar-refractivity contribution in [2.75, 3.05) is 19.3 Å². The van der Waals surface area contributed by atoms with Crippen molar-refractivity contribution in [1.29, 1.82) is 0 Å². The maximum atomic E-state index is 4.84. The summed E-state index contributed by atoms with van der Waals surface area (Å²) in [5, 5.41) is 10.7. The van der Waals surface area contributed by atoms with Crippen LogP contribution in [0.2, 0.25) is 0 Å². The van der Waals surface area contributed by atoms with Crippen molar-refractivity contribution in [2.45, 2.75) is 30.7 Å². The number of aryl methyl sites for hydroxylation is 1. The van der Waals surface area contributed by atoms with E-state index >= 15 is 0 Å². The number of thioether (sulfide) groups is 1. The number of hydrogen-bond acceptors (Lipinski definition) is 3. The van der Waals surface area contributed by atoms with Crippen molar-refractivity contribution < 1.29 is 0 Å². The highest BCUT2D eigenvalue weighted by Gasteiger charge is 2.15. The Morgan fingerprint density at radius 2 is 1.92 bits per heavy atom. The van der Waals surface area contributed by atoms with Crippen molar-refractivity contribution in [3.8, 4) is 5.69 Å². The van der Waals surface area contributed by atoms with Gasteiger partial charge in [-0.25, -0.2) is 4.68 Å². The molecule has 1 aromatic heterocycles. The minimum Gasteiger partial charge on any atom is -0.317 e. The van der Waals surface area contributed by atoms with E-state index in [4.69, 9.17) is 5.10 Å². The lowest BCUT2D eigenvalue weighted by Gasteiger charge is -2.22. The van der Waals surface area contributed by atoms with Gasteiger partial charge in [-0.05, 0) is 80.8 Å². The first-order valence-electron chi connectivity index (χ1n) is 9.17. The summed E-state index contributed by atoms with van der Waals surface area (Å²) < 4.78 is 2.09. The van der Waals surface area contributed by atoms with E-state index in [2.05, 4.69) is 64.8 Å². The monoisotopic (exact) mass is 351 g/mol. The van der Waals surface area contributed by atoms with E-state index in [9.17, 15) is 0 Å². The smallest absolute Gasteiger partial charge is 0.126 e. The molecule has 0 aliphatic carbocycles. The van der Waals surface area contributed by atoms with Crippen LogP contribution in [0.3, 0.4) is 0 Å². The molecular formula is C21H25N3S. The average Bonchev–Trinajstić information content (AvgIpc) is 3.06. The van der Waals surface area contributed by atoms with Crippen molar-refractivity contribution in [1.82, 2.24) is 15.1 Å². The zero-order valence-corrected chi connectivity index (χ0v) is 15.6. The van der Waals surface area contributed by atoms with Crippen LogP contribution >= 0.6 is 11.8 Å². The zero-order chi connectivity index (χ0) is 17.1. The Bertz CT molecular complexity index is 835. The second-order valence-corrected chi connectivity index (χ2v) is 7.64. The quantitative estimate of drug-likeness (QED) is 0.677. The minimum atomic E-state index is 0.873. The summed E-state index contributed by atoms with van der Waals surface area (Å²) in [7, 11) is 0. The standard InChI is InChI=1S/C21H25N3S/c1-25-21-19-10-9-17(8-7-16-11-13-22-14-12-16)15-20(19)24(23-21)18-5-3-2-4-6-18/h2-6,9-10,15-16,22H,7-8,11-14H2,1H3. The molecule has 1 aliphatic rings. The molecule has 3 nitrogen and oxygen atoms in total. The lowest BCUT2D eigenvalue weighted by Crippen LogP contribution is -2.27. The molecule has 0 spiro atoms. The highest BCUT2D eigenvalue weighted by atomic mass is 32.2. The molecule has 25 heavy (non-hydrogen) atoms. The highest BCUT2D eigenvalue weighted by molar-refractivity contribution is 7.98. The molecule has 0 bridgehead atoms. The molecule has 1 saturated heterocycles. The van der Waals surface area contributed by atoms with Crippen molar-refractivity contribution in [3.63, 3.8) is 0 Å². The maximum Gasteiger partial charge on any atom is 0.126 e. The Morgan fingerprint density at radius 3 is 2.68 bits per heavy atom. The van der Waals surface area contributed by atoms with Crippen LogP contribution in [0.1, 0.15) is 24.8 Å². The first-order chi connectivity index (χ1) is 12.3. The van der Waals surface area contributed by atoms with Gasteiger partial charge in [0.2, 0.25) is 0 Å². The topological polar surface area (TPSA) is 29.9 Å². The molecule has 3 aromatic rings. The van der Waals surface area contributed by atoms with Gasteiger partial charge in [0.05, 0.1) is 11.2 Å². The Balaban J connectivity index is 1.64. The van der Waals surface area contributed by atoms with Gasteiger partial charge in [0.15, 0.2) is 0 Å². The van der Waals surface area contributed by atoms with Gasteiger partial charge in [-0.15, -0.1) is 11.8 Å². The van der Waals surface area contributed by atoms with Gasteiger partial charge < -0.3 is 5.32 Å². The predicted molar refractivity (Wildman–Crippen MR) is 107 cm³/mol. The van der Waals surface area contributed by atoms with Gasteiger partial charge in [0.1, 0.15) is 5.03 Å². The molecule has 0 unspecified atom stereocenters. The molecule has 1 aliphatic heterocycles. The number of nitrogens with zero attached hydrogens (tertiary/aromatic N) is 2. The molecule has 2 aromatic carbocycles. The lowest BCUT2D eigenvalue weighted by atomic mass is 9.91. The van der Waals surface area contributed by atoms with Crippen molar-refractivity contribution in [2.24, 2.45) is 5.92 Å². The number of para-hydroxylation sites is 1. The van der Waals surface area contributed by atoms with Gasteiger partial charge in [0.25, 0.3) is 0 Å². The predicted octanol–water partition coefficient (Wildman–Crippen LogP) is 4.68. The summed E-state index contributed by atoms with van der Waals surface area (Å²) in [4.78, 5) is 0. The summed E-state index contributed by atoms with van der Waals surface area (Å²) in [5.74, 6) is 0.873. The second kappa shape index (κ2) is 7.63. The Hall–Kier alpha value is -1.78. The Labute approximate surface area is 153 Å². The summed E-state index contributed by atoms with van der Waals surface area (Å²) in [5.41, 5.74) is 3.78. The molecule has 1 N–H and O–H groups in total. The molecule has 130 valence electrons. The molecular weight excluding hydrogens is 326 g/mol. The maximum absolute atomic E-state index is 4.84. The van der Waals surface area contributed by atoms with Crippen LogP contribution in [0, 0.1) is 5.92 Å². The van der Waals surface area contributed by atoms with Gasteiger partial charge in [0, 0.05) is 5.39 Å². The van der Waals surface area contributed by atoms with Crippen LogP contribution in [-0.2, 0) is 6.42 Å². The molecule has 0 atom stereocenters. The van der Waals surface area contributed by atoms with E-state index in [1.807, 2.05) is 0 Å². The largest absolute Gasteiger partial charge is 0.317 e. The first-order valence-corrected chi connectivity index (χ1v) is 10.4. The highest BCUT2D eigenvalue weighted by Crippen LogP contribution is 2.29. The van der Waals surface area contributed by atoms with Gasteiger partial charge in [-0.1, -0.05) is 24.3 Å². The van der Waals surface area contributed by atoms with Crippen LogP contribution in [-0.4, -0.2) is 29.1 Å². The number of aromatic nitrogens is 2. The number of benzene rings is 2. The summed E-state index contributed by atoms with van der Waals surface area (Å²) >= 11 is 1.72. The van der Waals surface area contributed by atoms with Crippen LogP contribution in [0.15, 0.2) is 53.6 Å². The summed E-state index contributed by atoms with van der Waals surface area (Å²) in [6.07, 6.45) is 7.20. The van der Waals surface area contributed by atoms with E-state index in [-0.39, 0.29) is 0 Å². The fourth-order valence-electron chi connectivity index (χ4n) is 3.75. The second-order valence-electron chi connectivity index (χ2n) is 6.84. The number of hydrogen-bond donors (Lipinski definition) is 1. The third-order valence-corrected chi connectivity index (χ3v) is 5.89. The van der Waals surface area contributed by atoms with E-state index in [0.29, 0.717) is 0 Å². The fraction of sp³-hybridized carbons (Fsp3) is 0.381. The van der Waals surface area contributed by atoms with E-state index in [0.717, 1.165) is 23.1 Å². The third kappa shape index (κ3) is 3.60. The normalized spacial score (nSPS) is 15.7. The first kappa shape index (κ1) is 16.7. The number of piperidine rings is 1. The van der Waals surface area contributed by atoms with Crippen LogP contribution in [0.5, 0.6) is 0 Å². The Morgan fingerprint density at radius 1 is 1.12 bits per heavy atom. The zero-order valence-electron chi connectivity index (χ0n) is 14.7. The van der Waals surface area contributed by atoms with Crippen LogP contribution < -0.4 is 5.32 Å². The Kier molecular flexibility index (Phi) is 5.09. The van der Waals surface area contributed by atoms with E-state index in [1.54, 1.807) is 11.8 Å². The summed E-state index contributed by atoms with van der Waals surface area (Å²) in [6, 6.07) is 17.3. The summed E-state index contributed by atoms with van der Waals surface area (Å²) in [6.45, 7) is 2.36. The van der Waals surface area contributed by atoms with E-state index < -0.39 is 0 Å². The molecule has 2 heterocycles. The van der Waals surface area contributed by atoms with Crippen molar-refractivity contribution >= 4 is 22.7 Å². The molecule has 0 radical (unpaired) electrons. The minimum absolute atomic E-state index is 0.873. The number of rotatable bonds is 5. The van der Waals surface area contributed by atoms with Crippen LogP contribution in [0.25, 0.3) is 16.6 Å². The third-order valence-electron chi connectivity index (χ3n) is 5.21. The van der Waals surface area contributed by atoms with E-state index in [1.165, 1.54) is 48.8 Å². The average molecular weight is 352 g/mol. The molecule has 0 saturated carbocycles. The van der Waals surface area contributed by atoms with Crippen LogP contribution in [0.4, 0.5) is 0 Å². The molecule has 1 fully saturated rings. The fourth-order valence-corrected chi connectivity index (χ4v) is 4.30. The van der Waals surface area contributed by atoms with Gasteiger partial charge in [-0.2, -0.15) is 5.10 Å². The number of nitrogens with one attached hydrogen (secondary N) is 1. The lowest BCUT2D eigenvalue weighted by molar-refractivity contribution is 0.354. The SMILES string of the molecule is CSc1nn(-c2ccccc2)c2cc(CCC3CCNCC3)ccc12.